The van der Waals surface area contributed by atoms with Gasteiger partial charge in [0, 0.05) is 0 Å². The number of anilines is 1. The van der Waals surface area contributed by atoms with Crippen molar-refractivity contribution in [2.75, 3.05) is 5.32 Å². The molecule has 0 fully saturated rings. The van der Waals surface area contributed by atoms with Crippen molar-refractivity contribution in [2.24, 2.45) is 0 Å². The molecule has 0 aliphatic carbocycles. The van der Waals surface area contributed by atoms with Crippen LogP contribution in [-0.4, -0.2) is 32.6 Å². The molecule has 1 aromatic rings. The van der Waals surface area contributed by atoms with E-state index in [1.807, 2.05) is 0 Å². The first-order chi connectivity index (χ1) is 7.42. The second-order valence-corrected chi connectivity index (χ2v) is 3.64. The summed E-state index contributed by atoms with van der Waals surface area (Å²) in [5, 5.41) is 13.5. The predicted octanol–water partition coefficient (Wildman–Crippen LogP) is 0.461. The molecule has 1 heterocycles. The van der Waals surface area contributed by atoms with Crippen LogP contribution in [0.3, 0.4) is 0 Å². The first-order valence-electron chi connectivity index (χ1n) is 4.49. The van der Waals surface area contributed by atoms with E-state index >= 15 is 0 Å². The number of rotatable bonds is 3. The first kappa shape index (κ1) is 11.9. The van der Waals surface area contributed by atoms with Gasteiger partial charge in [-0.05, 0) is 13.8 Å². The van der Waals surface area contributed by atoms with E-state index < -0.39 is 17.5 Å². The molecule has 0 atom stereocenters. The van der Waals surface area contributed by atoms with Crippen LogP contribution in [0.4, 0.5) is 10.5 Å². The lowest BCUT2D eigenvalue weighted by Gasteiger charge is -2.20. The summed E-state index contributed by atoms with van der Waals surface area (Å²) in [5.41, 5.74) is -0.944. The number of amides is 2. The van der Waals surface area contributed by atoms with Crippen molar-refractivity contribution in [2.45, 2.75) is 19.4 Å². The molecule has 0 spiro atoms. The molecule has 7 nitrogen and oxygen atoms in total. The van der Waals surface area contributed by atoms with Crippen LogP contribution in [0, 0.1) is 0 Å². The summed E-state index contributed by atoms with van der Waals surface area (Å²) >= 11 is 0. The number of carbonyl (C=O) groups excluding carboxylic acids is 1. The smallest absolute Gasteiger partial charge is 0.328 e. The molecule has 16 heavy (non-hydrogen) atoms. The minimum absolute atomic E-state index is 0.390. The molecule has 0 unspecified atom stereocenters. The maximum atomic E-state index is 11.4. The van der Waals surface area contributed by atoms with Crippen molar-refractivity contribution in [1.82, 2.24) is 15.3 Å². The fourth-order valence-corrected chi connectivity index (χ4v) is 0.863. The van der Waals surface area contributed by atoms with Crippen molar-refractivity contribution in [1.29, 1.82) is 0 Å². The Labute approximate surface area is 91.9 Å². The van der Waals surface area contributed by atoms with Crippen LogP contribution < -0.4 is 10.6 Å². The monoisotopic (exact) mass is 224 g/mol. The third kappa shape index (κ3) is 3.19. The van der Waals surface area contributed by atoms with Crippen LogP contribution in [0.1, 0.15) is 13.8 Å². The third-order valence-electron chi connectivity index (χ3n) is 1.78. The largest absolute Gasteiger partial charge is 0.480 e. The first-order valence-corrected chi connectivity index (χ1v) is 4.49. The Kier molecular flexibility index (Phi) is 3.39. The third-order valence-corrected chi connectivity index (χ3v) is 1.78. The summed E-state index contributed by atoms with van der Waals surface area (Å²) in [6.45, 7) is 2.77. The summed E-state index contributed by atoms with van der Waals surface area (Å²) in [5.74, 6) is -1.12. The average molecular weight is 224 g/mol. The number of aromatic nitrogens is 2. The van der Waals surface area contributed by atoms with Crippen molar-refractivity contribution in [3.05, 3.63) is 18.7 Å². The van der Waals surface area contributed by atoms with Gasteiger partial charge in [0.1, 0.15) is 11.9 Å². The van der Waals surface area contributed by atoms with E-state index in [0.717, 1.165) is 0 Å². The fourth-order valence-electron chi connectivity index (χ4n) is 0.863. The zero-order valence-electron chi connectivity index (χ0n) is 8.89. The summed E-state index contributed by atoms with van der Waals surface area (Å²) in [7, 11) is 0. The number of carboxylic acids is 1. The van der Waals surface area contributed by atoms with Crippen LogP contribution in [0.5, 0.6) is 0 Å². The van der Waals surface area contributed by atoms with Crippen LogP contribution in [0.25, 0.3) is 0 Å². The molecule has 1 rings (SSSR count). The number of urea groups is 1. The molecule has 0 aliphatic rings. The van der Waals surface area contributed by atoms with Crippen molar-refractivity contribution in [3.8, 4) is 0 Å². The standard InChI is InChI=1S/C9H12N4O3/c1-9(2,7(14)15)13-8(16)12-6-3-10-5-11-4-6/h3-5H,1-2H3,(H,14,15)(H2,12,13,16). The summed E-state index contributed by atoms with van der Waals surface area (Å²) in [6, 6.07) is -0.623. The molecular weight excluding hydrogens is 212 g/mol. The van der Waals surface area contributed by atoms with Crippen LogP contribution in [0.15, 0.2) is 18.7 Å². The van der Waals surface area contributed by atoms with E-state index in [-0.39, 0.29) is 0 Å². The highest BCUT2D eigenvalue weighted by molar-refractivity contribution is 5.93. The highest BCUT2D eigenvalue weighted by atomic mass is 16.4. The SMILES string of the molecule is CC(C)(NC(=O)Nc1cncnc1)C(=O)O. The van der Waals surface area contributed by atoms with Crippen LogP contribution in [0.2, 0.25) is 0 Å². The minimum atomic E-state index is -1.33. The predicted molar refractivity (Wildman–Crippen MR) is 55.9 cm³/mol. The normalized spacial score (nSPS) is 10.6. The lowest BCUT2D eigenvalue weighted by Crippen LogP contribution is -2.51. The zero-order valence-corrected chi connectivity index (χ0v) is 8.89. The number of aliphatic carboxylic acids is 1. The van der Waals surface area contributed by atoms with Gasteiger partial charge in [0.15, 0.2) is 0 Å². The minimum Gasteiger partial charge on any atom is -0.480 e. The van der Waals surface area contributed by atoms with Gasteiger partial charge in [-0.1, -0.05) is 0 Å². The van der Waals surface area contributed by atoms with E-state index in [2.05, 4.69) is 20.6 Å². The summed E-state index contributed by atoms with van der Waals surface area (Å²) in [6.07, 6.45) is 4.13. The van der Waals surface area contributed by atoms with Gasteiger partial charge in [0.05, 0.1) is 18.1 Å². The molecule has 7 heteroatoms. The maximum Gasteiger partial charge on any atom is 0.328 e. The Hall–Kier alpha value is -2.18. The summed E-state index contributed by atoms with van der Waals surface area (Å²) in [4.78, 5) is 29.5. The lowest BCUT2D eigenvalue weighted by molar-refractivity contribution is -0.142. The number of hydrogen-bond acceptors (Lipinski definition) is 4. The molecular formula is C9H12N4O3. The second-order valence-electron chi connectivity index (χ2n) is 3.64. The Balaban J connectivity index is 2.58. The molecule has 86 valence electrons. The molecule has 0 saturated heterocycles. The Morgan fingerprint density at radius 3 is 2.38 bits per heavy atom. The van der Waals surface area contributed by atoms with Gasteiger partial charge >= 0.3 is 12.0 Å². The quantitative estimate of drug-likeness (QED) is 0.691. The van der Waals surface area contributed by atoms with Crippen molar-refractivity contribution >= 4 is 17.7 Å². The van der Waals surface area contributed by atoms with Gasteiger partial charge in [-0.3, -0.25) is 0 Å². The molecule has 1 aromatic heterocycles. The molecule has 3 N–H and O–H groups in total. The van der Waals surface area contributed by atoms with Gasteiger partial charge in [-0.2, -0.15) is 0 Å². The van der Waals surface area contributed by atoms with E-state index in [9.17, 15) is 9.59 Å². The van der Waals surface area contributed by atoms with Gasteiger partial charge in [0.25, 0.3) is 0 Å². The van der Waals surface area contributed by atoms with Gasteiger partial charge in [-0.25, -0.2) is 19.6 Å². The van der Waals surface area contributed by atoms with Crippen molar-refractivity contribution in [3.63, 3.8) is 0 Å². The number of carboxylic acid groups (broad SMARTS) is 1. The van der Waals surface area contributed by atoms with Gasteiger partial charge in [0.2, 0.25) is 0 Å². The molecule has 0 radical (unpaired) electrons. The lowest BCUT2D eigenvalue weighted by atomic mass is 10.1. The number of hydrogen-bond donors (Lipinski definition) is 3. The Morgan fingerprint density at radius 1 is 1.31 bits per heavy atom. The van der Waals surface area contributed by atoms with E-state index in [0.29, 0.717) is 5.69 Å². The Morgan fingerprint density at radius 2 is 1.88 bits per heavy atom. The van der Waals surface area contributed by atoms with Gasteiger partial charge < -0.3 is 15.7 Å². The maximum absolute atomic E-state index is 11.4. The molecule has 0 aromatic carbocycles. The molecule has 0 bridgehead atoms. The highest BCUT2D eigenvalue weighted by Crippen LogP contribution is 2.04. The van der Waals surface area contributed by atoms with Crippen LogP contribution in [-0.2, 0) is 4.79 Å². The van der Waals surface area contributed by atoms with E-state index in [1.54, 1.807) is 0 Å². The second kappa shape index (κ2) is 4.56. The summed E-state index contributed by atoms with van der Waals surface area (Å²) < 4.78 is 0. The molecule has 0 saturated carbocycles. The number of nitrogens with zero attached hydrogens (tertiary/aromatic N) is 2. The van der Waals surface area contributed by atoms with Gasteiger partial charge in [-0.15, -0.1) is 0 Å². The average Bonchev–Trinajstić information content (AvgIpc) is 2.17. The topological polar surface area (TPSA) is 104 Å². The highest BCUT2D eigenvalue weighted by Gasteiger charge is 2.28. The van der Waals surface area contributed by atoms with Crippen molar-refractivity contribution < 1.29 is 14.7 Å². The van der Waals surface area contributed by atoms with E-state index in [4.69, 9.17) is 5.11 Å². The fraction of sp³-hybridized carbons (Fsp3) is 0.333. The Bertz CT molecular complexity index is 391. The molecule has 2 amide bonds. The molecule has 0 aliphatic heterocycles. The van der Waals surface area contributed by atoms with Crippen LogP contribution >= 0.6 is 0 Å². The zero-order chi connectivity index (χ0) is 12.2. The van der Waals surface area contributed by atoms with E-state index in [1.165, 1.54) is 32.6 Å². The number of nitrogens with one attached hydrogen (secondary N) is 2. The number of carbonyl (C=O) groups is 2.